The smallest absolute Gasteiger partial charge is 0.356 e. The molecule has 2 aromatic carbocycles. The van der Waals surface area contributed by atoms with Crippen LogP contribution < -0.4 is 5.73 Å². The van der Waals surface area contributed by atoms with Crippen LogP contribution in [0.15, 0.2) is 76.4 Å². The molecule has 0 bridgehead atoms. The van der Waals surface area contributed by atoms with Crippen LogP contribution in [0.25, 0.3) is 0 Å². The van der Waals surface area contributed by atoms with Gasteiger partial charge in [0, 0.05) is 17.7 Å². The Labute approximate surface area is 198 Å². The molecule has 3 aromatic rings. The average Bonchev–Trinajstić information content (AvgIpc) is 3.26. The van der Waals surface area contributed by atoms with Gasteiger partial charge in [-0.05, 0) is 33.3 Å². The fourth-order valence-corrected chi connectivity index (χ4v) is 6.05. The van der Waals surface area contributed by atoms with Crippen molar-refractivity contribution in [3.05, 3.63) is 82.4 Å². The molecule has 1 aromatic heterocycles. The summed E-state index contributed by atoms with van der Waals surface area (Å²) in [4.78, 5) is 28.4. The summed E-state index contributed by atoms with van der Waals surface area (Å²) in [7, 11) is 1.71. The number of β-lactam (4-membered cyclic amide) rings is 1. The van der Waals surface area contributed by atoms with Crippen molar-refractivity contribution in [2.75, 3.05) is 5.75 Å². The first-order valence-corrected chi connectivity index (χ1v) is 12.1. The molecule has 2 atom stereocenters. The highest BCUT2D eigenvalue weighted by Gasteiger charge is 2.52. The molecule has 33 heavy (non-hydrogen) atoms. The Bertz CT molecular complexity index is 1180. The highest BCUT2D eigenvalue weighted by atomic mass is 32.2. The molecule has 168 valence electrons. The highest BCUT2D eigenvalue weighted by Crippen LogP contribution is 2.45. The van der Waals surface area contributed by atoms with Crippen molar-refractivity contribution < 1.29 is 14.3 Å². The van der Waals surface area contributed by atoms with Crippen LogP contribution in [0.3, 0.4) is 0 Å². The largest absolute Gasteiger partial charge is 0.448 e. The molecule has 1 saturated heterocycles. The van der Waals surface area contributed by atoms with E-state index in [1.807, 2.05) is 60.7 Å². The number of tetrazole rings is 1. The van der Waals surface area contributed by atoms with Crippen molar-refractivity contribution in [2.24, 2.45) is 12.8 Å². The van der Waals surface area contributed by atoms with E-state index >= 15 is 0 Å². The Morgan fingerprint density at radius 1 is 1.15 bits per heavy atom. The van der Waals surface area contributed by atoms with Crippen LogP contribution in [0.1, 0.15) is 17.2 Å². The molecule has 2 N–H and O–H groups in total. The van der Waals surface area contributed by atoms with Crippen LogP contribution in [0.5, 0.6) is 0 Å². The van der Waals surface area contributed by atoms with Gasteiger partial charge in [-0.25, -0.2) is 9.48 Å². The monoisotopic (exact) mass is 480 g/mol. The van der Waals surface area contributed by atoms with Gasteiger partial charge in [0.2, 0.25) is 11.1 Å². The maximum Gasteiger partial charge on any atom is 0.356 e. The Morgan fingerprint density at radius 3 is 2.36 bits per heavy atom. The molecule has 1 amide bonds. The molecule has 0 aliphatic carbocycles. The molecule has 2 aliphatic heterocycles. The third-order valence-electron chi connectivity index (χ3n) is 5.39. The summed E-state index contributed by atoms with van der Waals surface area (Å²) < 4.78 is 7.58. The molecule has 0 spiro atoms. The summed E-state index contributed by atoms with van der Waals surface area (Å²) >= 11 is 2.76. The number of carbonyl (C=O) groups excluding carboxylic acids is 2. The number of ether oxygens (including phenoxy) is 1. The number of amides is 1. The summed E-state index contributed by atoms with van der Waals surface area (Å²) in [6, 6.07) is 18.4. The van der Waals surface area contributed by atoms with Gasteiger partial charge in [0.05, 0.1) is 0 Å². The van der Waals surface area contributed by atoms with Gasteiger partial charge in [0.15, 0.2) is 6.10 Å². The zero-order chi connectivity index (χ0) is 22.9. The standard InChI is InChI=1S/C22H20N6O3S2/c1-27-22(24-25-26-27)33-15-12-32-20-16(23)19(29)28(20)17(15)21(30)31-18(13-8-4-2-5-9-13)14-10-6-3-7-11-14/h2-11,16,18,20H,12,23H2,1H3/t16?,20-/m1/s1. The van der Waals surface area contributed by atoms with Crippen LogP contribution >= 0.6 is 23.5 Å². The summed E-state index contributed by atoms with van der Waals surface area (Å²) in [5.74, 6) is -0.397. The fourth-order valence-electron chi connectivity index (χ4n) is 3.72. The Hall–Kier alpha value is -3.15. The number of fused-ring (bicyclic) bond motifs is 1. The quantitative estimate of drug-likeness (QED) is 0.418. The van der Waals surface area contributed by atoms with Gasteiger partial charge < -0.3 is 10.5 Å². The summed E-state index contributed by atoms with van der Waals surface area (Å²) in [5, 5.41) is 11.7. The lowest BCUT2D eigenvalue weighted by molar-refractivity contribution is -0.152. The van der Waals surface area contributed by atoms with Gasteiger partial charge in [-0.15, -0.1) is 16.9 Å². The average molecular weight is 481 g/mol. The number of hydrogen-bond donors (Lipinski definition) is 1. The molecular weight excluding hydrogens is 460 g/mol. The van der Waals surface area contributed by atoms with Crippen molar-refractivity contribution in [1.82, 2.24) is 25.1 Å². The number of rotatable bonds is 6. The summed E-state index contributed by atoms with van der Waals surface area (Å²) in [6.07, 6.45) is -0.631. The number of hydrogen-bond acceptors (Lipinski definition) is 9. The van der Waals surface area contributed by atoms with Crippen LogP contribution in [0.2, 0.25) is 0 Å². The number of aromatic nitrogens is 4. The van der Waals surface area contributed by atoms with Crippen molar-refractivity contribution in [3.8, 4) is 0 Å². The SMILES string of the molecule is Cn1nnnc1SC1=C(C(=O)OC(c2ccccc2)c2ccccc2)N2C(=O)C(N)[C@H]2SC1. The second-order valence-corrected chi connectivity index (χ2v) is 9.67. The molecule has 11 heteroatoms. The van der Waals surface area contributed by atoms with Gasteiger partial charge in [-0.2, -0.15) is 0 Å². The molecule has 9 nitrogen and oxygen atoms in total. The minimum Gasteiger partial charge on any atom is -0.448 e. The Balaban J connectivity index is 1.52. The number of carbonyl (C=O) groups is 2. The first-order chi connectivity index (χ1) is 16.0. The minimum atomic E-state index is -0.639. The number of aryl methyl sites for hydroxylation is 1. The van der Waals surface area contributed by atoms with Crippen molar-refractivity contribution in [2.45, 2.75) is 22.7 Å². The Morgan fingerprint density at radius 2 is 1.79 bits per heavy atom. The molecule has 3 heterocycles. The molecule has 2 aliphatic rings. The number of benzene rings is 2. The maximum atomic E-state index is 13.6. The van der Waals surface area contributed by atoms with E-state index in [1.165, 1.54) is 33.1 Å². The van der Waals surface area contributed by atoms with E-state index < -0.39 is 18.1 Å². The maximum absolute atomic E-state index is 13.6. The van der Waals surface area contributed by atoms with Crippen molar-refractivity contribution in [1.29, 1.82) is 0 Å². The zero-order valence-corrected chi connectivity index (χ0v) is 19.2. The number of esters is 1. The van der Waals surface area contributed by atoms with E-state index in [-0.39, 0.29) is 17.0 Å². The second kappa shape index (κ2) is 9.00. The molecule has 1 unspecified atom stereocenters. The topological polar surface area (TPSA) is 116 Å². The van der Waals surface area contributed by atoms with E-state index in [1.54, 1.807) is 7.05 Å². The molecule has 0 radical (unpaired) electrons. The van der Waals surface area contributed by atoms with Gasteiger partial charge in [-0.1, -0.05) is 60.7 Å². The fraction of sp³-hybridized carbons (Fsp3) is 0.227. The second-order valence-electron chi connectivity index (χ2n) is 7.50. The number of thioether (sulfide) groups is 2. The predicted octanol–water partition coefficient (Wildman–Crippen LogP) is 2.09. The van der Waals surface area contributed by atoms with Gasteiger partial charge in [0.25, 0.3) is 0 Å². The third kappa shape index (κ3) is 4.03. The van der Waals surface area contributed by atoms with Crippen LogP contribution in [-0.2, 0) is 21.4 Å². The van der Waals surface area contributed by atoms with Crippen molar-refractivity contribution in [3.63, 3.8) is 0 Å². The lowest BCUT2D eigenvalue weighted by Crippen LogP contribution is -2.68. The van der Waals surface area contributed by atoms with E-state index in [0.29, 0.717) is 15.8 Å². The van der Waals surface area contributed by atoms with Crippen molar-refractivity contribution >= 4 is 35.4 Å². The zero-order valence-electron chi connectivity index (χ0n) is 17.6. The van der Waals surface area contributed by atoms with Crippen LogP contribution in [0, 0.1) is 0 Å². The van der Waals surface area contributed by atoms with E-state index in [9.17, 15) is 9.59 Å². The molecular formula is C22H20N6O3S2. The van der Waals surface area contributed by atoms with Gasteiger partial charge in [0.1, 0.15) is 17.1 Å². The first kappa shape index (κ1) is 21.7. The summed E-state index contributed by atoms with van der Waals surface area (Å²) in [5.41, 5.74) is 7.86. The predicted molar refractivity (Wildman–Crippen MR) is 124 cm³/mol. The van der Waals surface area contributed by atoms with Crippen LogP contribution in [-0.4, -0.2) is 54.2 Å². The number of nitrogens with two attached hydrogens (primary N) is 1. The Kier molecular flexibility index (Phi) is 5.92. The number of nitrogens with zero attached hydrogens (tertiary/aromatic N) is 5. The molecule has 0 saturated carbocycles. The lowest BCUT2D eigenvalue weighted by atomic mass is 10.0. The molecule has 1 fully saturated rings. The van der Waals surface area contributed by atoms with E-state index in [4.69, 9.17) is 10.5 Å². The van der Waals surface area contributed by atoms with Crippen LogP contribution in [0.4, 0.5) is 0 Å². The third-order valence-corrected chi connectivity index (χ3v) is 7.99. The first-order valence-electron chi connectivity index (χ1n) is 10.2. The summed E-state index contributed by atoms with van der Waals surface area (Å²) in [6.45, 7) is 0. The van der Waals surface area contributed by atoms with E-state index in [0.717, 1.165) is 11.1 Å². The van der Waals surface area contributed by atoms with Gasteiger partial charge >= 0.3 is 5.97 Å². The lowest BCUT2D eigenvalue weighted by Gasteiger charge is -2.48. The van der Waals surface area contributed by atoms with Gasteiger partial charge in [-0.3, -0.25) is 9.69 Å². The highest BCUT2D eigenvalue weighted by molar-refractivity contribution is 8.06. The normalized spacial score (nSPS) is 20.0. The minimum absolute atomic E-state index is 0.204. The van der Waals surface area contributed by atoms with E-state index in [2.05, 4.69) is 15.5 Å². The molecule has 5 rings (SSSR count).